The quantitative estimate of drug-likeness (QED) is 0.478. The van der Waals surface area contributed by atoms with Crippen molar-refractivity contribution in [2.75, 3.05) is 0 Å². The van der Waals surface area contributed by atoms with E-state index in [4.69, 9.17) is 5.84 Å². The number of rotatable bonds is 3. The van der Waals surface area contributed by atoms with Gasteiger partial charge in [0.1, 0.15) is 0 Å². The van der Waals surface area contributed by atoms with Gasteiger partial charge >= 0.3 is 0 Å². The molecule has 1 amide bonds. The van der Waals surface area contributed by atoms with E-state index in [0.29, 0.717) is 12.8 Å². The van der Waals surface area contributed by atoms with Crippen LogP contribution in [0.5, 0.6) is 0 Å². The number of aryl methyl sites for hydroxylation is 1. The van der Waals surface area contributed by atoms with E-state index in [1.807, 2.05) is 24.3 Å². The third kappa shape index (κ3) is 3.57. The summed E-state index contributed by atoms with van der Waals surface area (Å²) in [5.41, 5.74) is 3.22. The Kier molecular flexibility index (Phi) is 3.92. The predicted octanol–water partition coefficient (Wildman–Crippen LogP) is 1.37. The molecular weight excluding hydrogens is 232 g/mol. The molecule has 1 aromatic rings. The van der Waals surface area contributed by atoms with Gasteiger partial charge in [-0.15, -0.1) is 0 Å². The molecule has 4 heteroatoms. The Balaban J connectivity index is 2.50. The number of nitrogens with two attached hydrogens (primary N) is 1. The van der Waals surface area contributed by atoms with Gasteiger partial charge in [0.25, 0.3) is 0 Å². The van der Waals surface area contributed by atoms with Crippen LogP contribution in [0.4, 0.5) is 0 Å². The third-order valence-electron chi connectivity index (χ3n) is 1.69. The standard InChI is InChI=1S/C9H11BrN2O/c10-8-3-1-2-7(6-8)4-5-9(13)12-11/h1-3,6H,4-5,11H2,(H,12,13). The summed E-state index contributed by atoms with van der Waals surface area (Å²) in [4.78, 5) is 10.8. The molecule has 0 fully saturated rings. The van der Waals surface area contributed by atoms with Crippen molar-refractivity contribution in [3.05, 3.63) is 34.3 Å². The SMILES string of the molecule is NNC(=O)CCc1cccc(Br)c1. The first-order valence-corrected chi connectivity index (χ1v) is 4.75. The van der Waals surface area contributed by atoms with Gasteiger partial charge in [0, 0.05) is 10.9 Å². The van der Waals surface area contributed by atoms with Crippen LogP contribution in [0.15, 0.2) is 28.7 Å². The first-order chi connectivity index (χ1) is 6.22. The first-order valence-electron chi connectivity index (χ1n) is 3.96. The maximum atomic E-state index is 10.8. The van der Waals surface area contributed by atoms with Gasteiger partial charge in [0.05, 0.1) is 0 Å². The third-order valence-corrected chi connectivity index (χ3v) is 2.18. The molecule has 0 saturated heterocycles. The van der Waals surface area contributed by atoms with Gasteiger partial charge in [-0.25, -0.2) is 5.84 Å². The van der Waals surface area contributed by atoms with Crippen LogP contribution in [0.1, 0.15) is 12.0 Å². The number of halogens is 1. The molecule has 0 atom stereocenters. The monoisotopic (exact) mass is 242 g/mol. The number of hydrazine groups is 1. The van der Waals surface area contributed by atoms with Crippen LogP contribution >= 0.6 is 15.9 Å². The Hall–Kier alpha value is -0.870. The molecule has 0 aliphatic rings. The fraction of sp³-hybridized carbons (Fsp3) is 0.222. The van der Waals surface area contributed by atoms with Crippen molar-refractivity contribution in [2.24, 2.45) is 5.84 Å². The van der Waals surface area contributed by atoms with Crippen molar-refractivity contribution in [3.8, 4) is 0 Å². The van der Waals surface area contributed by atoms with E-state index in [1.54, 1.807) is 0 Å². The van der Waals surface area contributed by atoms with Crippen LogP contribution in [0, 0.1) is 0 Å². The molecule has 13 heavy (non-hydrogen) atoms. The molecule has 0 bridgehead atoms. The van der Waals surface area contributed by atoms with Crippen LogP contribution < -0.4 is 11.3 Å². The van der Waals surface area contributed by atoms with Crippen LogP contribution in [-0.2, 0) is 11.2 Å². The van der Waals surface area contributed by atoms with Gasteiger partial charge in [0.2, 0.25) is 5.91 Å². The second-order valence-electron chi connectivity index (χ2n) is 2.70. The second kappa shape index (κ2) is 4.99. The Labute approximate surface area is 85.4 Å². The average molecular weight is 243 g/mol. The van der Waals surface area contributed by atoms with Gasteiger partial charge in [-0.3, -0.25) is 10.2 Å². The van der Waals surface area contributed by atoms with Crippen molar-refractivity contribution >= 4 is 21.8 Å². The van der Waals surface area contributed by atoms with E-state index >= 15 is 0 Å². The number of hydrogen-bond acceptors (Lipinski definition) is 2. The lowest BCUT2D eigenvalue weighted by atomic mass is 10.1. The number of amides is 1. The summed E-state index contributed by atoms with van der Waals surface area (Å²) in [5.74, 6) is 4.82. The van der Waals surface area contributed by atoms with Gasteiger partial charge < -0.3 is 0 Å². The highest BCUT2D eigenvalue weighted by Crippen LogP contribution is 2.12. The molecule has 1 rings (SSSR count). The van der Waals surface area contributed by atoms with E-state index in [2.05, 4.69) is 21.4 Å². The number of hydrogen-bond donors (Lipinski definition) is 2. The highest BCUT2D eigenvalue weighted by atomic mass is 79.9. The molecule has 0 radical (unpaired) electrons. The van der Waals surface area contributed by atoms with Gasteiger partial charge in [-0.1, -0.05) is 28.1 Å². The molecule has 0 aromatic heterocycles. The fourth-order valence-corrected chi connectivity index (χ4v) is 1.47. The lowest BCUT2D eigenvalue weighted by molar-refractivity contribution is -0.121. The summed E-state index contributed by atoms with van der Waals surface area (Å²) in [6, 6.07) is 7.87. The molecule has 0 unspecified atom stereocenters. The molecule has 0 aliphatic heterocycles. The molecule has 70 valence electrons. The van der Waals surface area contributed by atoms with E-state index in [9.17, 15) is 4.79 Å². The normalized spacial score (nSPS) is 9.69. The summed E-state index contributed by atoms with van der Waals surface area (Å²) in [7, 11) is 0. The minimum Gasteiger partial charge on any atom is -0.294 e. The summed E-state index contributed by atoms with van der Waals surface area (Å²) >= 11 is 3.36. The highest BCUT2D eigenvalue weighted by Gasteiger charge is 1.99. The van der Waals surface area contributed by atoms with E-state index in [1.165, 1.54) is 0 Å². The molecule has 0 spiro atoms. The van der Waals surface area contributed by atoms with E-state index in [-0.39, 0.29) is 5.91 Å². The number of benzene rings is 1. The minimum atomic E-state index is -0.139. The molecule has 3 N–H and O–H groups in total. The first kappa shape index (κ1) is 10.2. The minimum absolute atomic E-state index is 0.139. The second-order valence-corrected chi connectivity index (χ2v) is 3.61. The summed E-state index contributed by atoms with van der Waals surface area (Å²) < 4.78 is 1.03. The summed E-state index contributed by atoms with van der Waals surface area (Å²) in [6.45, 7) is 0. The Morgan fingerprint density at radius 1 is 1.54 bits per heavy atom. The molecule has 0 aliphatic carbocycles. The average Bonchev–Trinajstić information content (AvgIpc) is 2.14. The zero-order valence-corrected chi connectivity index (χ0v) is 8.67. The van der Waals surface area contributed by atoms with Crippen LogP contribution in [-0.4, -0.2) is 5.91 Å². The lowest BCUT2D eigenvalue weighted by Crippen LogP contribution is -2.30. The maximum Gasteiger partial charge on any atom is 0.234 e. The smallest absolute Gasteiger partial charge is 0.234 e. The predicted molar refractivity (Wildman–Crippen MR) is 54.8 cm³/mol. The van der Waals surface area contributed by atoms with Crippen molar-refractivity contribution < 1.29 is 4.79 Å². The summed E-state index contributed by atoms with van der Waals surface area (Å²) in [5, 5.41) is 0. The van der Waals surface area contributed by atoms with Crippen molar-refractivity contribution in [3.63, 3.8) is 0 Å². The van der Waals surface area contributed by atoms with Crippen LogP contribution in [0.2, 0.25) is 0 Å². The van der Waals surface area contributed by atoms with E-state index in [0.717, 1.165) is 10.0 Å². The molecule has 0 heterocycles. The Bertz CT molecular complexity index is 301. The zero-order chi connectivity index (χ0) is 9.68. The molecular formula is C9H11BrN2O. The van der Waals surface area contributed by atoms with Gasteiger partial charge in [-0.2, -0.15) is 0 Å². The molecule has 0 saturated carbocycles. The van der Waals surface area contributed by atoms with Crippen molar-refractivity contribution in [1.82, 2.24) is 5.43 Å². The number of nitrogens with one attached hydrogen (secondary N) is 1. The molecule has 1 aromatic carbocycles. The van der Waals surface area contributed by atoms with Crippen LogP contribution in [0.25, 0.3) is 0 Å². The van der Waals surface area contributed by atoms with Crippen molar-refractivity contribution in [1.29, 1.82) is 0 Å². The fourth-order valence-electron chi connectivity index (χ4n) is 1.02. The van der Waals surface area contributed by atoms with Gasteiger partial charge in [-0.05, 0) is 24.1 Å². The molecule has 3 nitrogen and oxygen atoms in total. The van der Waals surface area contributed by atoms with E-state index < -0.39 is 0 Å². The zero-order valence-electron chi connectivity index (χ0n) is 7.09. The maximum absolute atomic E-state index is 10.8. The Morgan fingerprint density at radius 3 is 2.92 bits per heavy atom. The number of carbonyl (C=O) groups excluding carboxylic acids is 1. The van der Waals surface area contributed by atoms with Gasteiger partial charge in [0.15, 0.2) is 0 Å². The van der Waals surface area contributed by atoms with Crippen LogP contribution in [0.3, 0.4) is 0 Å². The van der Waals surface area contributed by atoms with Crippen molar-refractivity contribution in [2.45, 2.75) is 12.8 Å². The highest BCUT2D eigenvalue weighted by molar-refractivity contribution is 9.10. The largest absolute Gasteiger partial charge is 0.294 e. The topological polar surface area (TPSA) is 55.1 Å². The Morgan fingerprint density at radius 2 is 2.31 bits per heavy atom. The number of carbonyl (C=O) groups is 1. The summed E-state index contributed by atoms with van der Waals surface area (Å²) in [6.07, 6.45) is 1.13. The lowest BCUT2D eigenvalue weighted by Gasteiger charge is -2.00.